The number of likely N-dealkylation sites (tertiary alicyclic amines) is 1. The number of aromatic nitrogens is 1. The van der Waals surface area contributed by atoms with Crippen LogP contribution in [-0.2, 0) is 4.79 Å². The third kappa shape index (κ3) is 5.89. The van der Waals surface area contributed by atoms with Crippen molar-refractivity contribution in [2.45, 2.75) is 39.3 Å². The zero-order valence-electron chi connectivity index (χ0n) is 17.6. The van der Waals surface area contributed by atoms with Crippen molar-refractivity contribution in [2.75, 3.05) is 25.0 Å². The zero-order chi connectivity index (χ0) is 21.7. The van der Waals surface area contributed by atoms with Crippen molar-refractivity contribution in [3.63, 3.8) is 0 Å². The van der Waals surface area contributed by atoms with Crippen LogP contribution in [0.1, 0.15) is 40.1 Å². The molecule has 1 saturated heterocycles. The van der Waals surface area contributed by atoms with E-state index in [2.05, 4.69) is 21.8 Å². The summed E-state index contributed by atoms with van der Waals surface area (Å²) in [7, 11) is 0. The number of anilines is 1. The molecule has 0 spiro atoms. The summed E-state index contributed by atoms with van der Waals surface area (Å²) in [5.74, 6) is 0.434. The number of nitrogens with zero attached hydrogens (tertiary/aromatic N) is 2. The van der Waals surface area contributed by atoms with Gasteiger partial charge in [0, 0.05) is 30.4 Å². The predicted octanol–water partition coefficient (Wildman–Crippen LogP) is 5.58. The van der Waals surface area contributed by atoms with Crippen LogP contribution in [0.5, 0.6) is 0 Å². The first-order chi connectivity index (χ1) is 14.4. The molecule has 0 bridgehead atoms. The number of carbonyl (C=O) groups is 1. The van der Waals surface area contributed by atoms with E-state index in [4.69, 9.17) is 5.41 Å². The molecule has 0 radical (unpaired) electrons. The number of hydrogen-bond acceptors (Lipinski definition) is 5. The van der Waals surface area contributed by atoms with E-state index < -0.39 is 6.17 Å². The van der Waals surface area contributed by atoms with Crippen LogP contribution >= 0.6 is 11.8 Å². The van der Waals surface area contributed by atoms with Crippen LogP contribution in [0.4, 0.5) is 10.2 Å². The topological polar surface area (TPSA) is 69.1 Å². The van der Waals surface area contributed by atoms with Crippen molar-refractivity contribution in [1.29, 1.82) is 5.41 Å². The van der Waals surface area contributed by atoms with Gasteiger partial charge in [0.25, 0.3) is 0 Å². The maximum absolute atomic E-state index is 13.6. The first-order valence-electron chi connectivity index (χ1n) is 10.3. The second-order valence-corrected chi connectivity index (χ2v) is 9.09. The van der Waals surface area contributed by atoms with Crippen molar-refractivity contribution in [2.24, 2.45) is 5.92 Å². The molecular weight excluding hydrogens is 399 g/mol. The summed E-state index contributed by atoms with van der Waals surface area (Å²) in [6.07, 6.45) is 2.96. The Balaban J connectivity index is 0.00000341. The van der Waals surface area contributed by atoms with Gasteiger partial charge in [-0.1, -0.05) is 37.4 Å². The van der Waals surface area contributed by atoms with Crippen LogP contribution < -0.4 is 5.32 Å². The molecule has 2 heterocycles. The van der Waals surface area contributed by atoms with Gasteiger partial charge in [-0.2, -0.15) is 0 Å². The summed E-state index contributed by atoms with van der Waals surface area (Å²) >= 11 is 1.33. The minimum atomic E-state index is -0.792. The van der Waals surface area contributed by atoms with Crippen LogP contribution in [0.2, 0.25) is 0 Å². The molecule has 1 fully saturated rings. The van der Waals surface area contributed by atoms with Crippen molar-refractivity contribution >= 4 is 44.2 Å². The molecule has 0 saturated carbocycles. The lowest BCUT2D eigenvalue weighted by molar-refractivity contribution is -0.121. The highest BCUT2D eigenvalue weighted by atomic mass is 32.2. The van der Waals surface area contributed by atoms with Crippen LogP contribution in [0.15, 0.2) is 37.0 Å². The molecular formula is C23H31FN4OS. The molecule has 1 aliphatic heterocycles. The monoisotopic (exact) mass is 430 g/mol. The van der Waals surface area contributed by atoms with Gasteiger partial charge in [-0.25, -0.2) is 9.37 Å². The van der Waals surface area contributed by atoms with E-state index in [1.165, 1.54) is 11.8 Å². The number of piperidine rings is 1. The second-order valence-electron chi connectivity index (χ2n) is 7.78. The molecule has 3 rings (SSSR count). The van der Waals surface area contributed by atoms with Gasteiger partial charge < -0.3 is 10.2 Å². The number of nitrogens with one attached hydrogen (secondary N) is 2. The Hall–Kier alpha value is -2.25. The molecule has 1 unspecified atom stereocenters. The smallest absolute Gasteiger partial charge is 0.228 e. The minimum Gasteiger partial charge on any atom is -0.310 e. The van der Waals surface area contributed by atoms with Crippen LogP contribution in [-0.4, -0.2) is 46.6 Å². The van der Waals surface area contributed by atoms with Gasteiger partial charge in [0.05, 0.1) is 5.04 Å². The van der Waals surface area contributed by atoms with Gasteiger partial charge in [-0.15, -0.1) is 0 Å². The number of fused-ring (bicyclic) bond motifs is 1. The predicted molar refractivity (Wildman–Crippen MR) is 127 cm³/mol. The highest BCUT2D eigenvalue weighted by Crippen LogP contribution is 2.29. The number of alkyl halides is 1. The Morgan fingerprint density at radius 1 is 1.40 bits per heavy atom. The number of pyridine rings is 1. The largest absolute Gasteiger partial charge is 0.310 e. The average molecular weight is 431 g/mol. The van der Waals surface area contributed by atoms with Crippen LogP contribution in [0.3, 0.4) is 0 Å². The maximum Gasteiger partial charge on any atom is 0.228 e. The molecule has 1 aromatic heterocycles. The molecule has 2 N–H and O–H groups in total. The lowest BCUT2D eigenvalue weighted by Gasteiger charge is -2.31. The van der Waals surface area contributed by atoms with Gasteiger partial charge in [0.1, 0.15) is 12.0 Å². The second kappa shape index (κ2) is 10.2. The summed E-state index contributed by atoms with van der Waals surface area (Å²) < 4.78 is 13.6. The van der Waals surface area contributed by atoms with Gasteiger partial charge in [0.2, 0.25) is 5.91 Å². The van der Waals surface area contributed by atoms with E-state index in [0.717, 1.165) is 47.2 Å². The fourth-order valence-electron chi connectivity index (χ4n) is 3.64. The fraction of sp³-hybridized carbons (Fsp3) is 0.435. The third-order valence-corrected chi connectivity index (χ3v) is 6.22. The number of thioether (sulfide) groups is 1. The van der Waals surface area contributed by atoms with Gasteiger partial charge in [-0.05, 0) is 62.4 Å². The molecule has 0 aliphatic carbocycles. The van der Waals surface area contributed by atoms with Gasteiger partial charge in [-0.3, -0.25) is 10.2 Å². The van der Waals surface area contributed by atoms with Crippen molar-refractivity contribution in [1.82, 2.24) is 9.88 Å². The van der Waals surface area contributed by atoms with E-state index in [9.17, 15) is 9.18 Å². The highest BCUT2D eigenvalue weighted by Gasteiger charge is 2.26. The van der Waals surface area contributed by atoms with Gasteiger partial charge in [0.15, 0.2) is 0 Å². The number of carbonyl (C=O) groups excluding carboxylic acids is 1. The molecule has 1 atom stereocenters. The van der Waals surface area contributed by atoms with Crippen LogP contribution in [0, 0.1) is 11.3 Å². The lowest BCUT2D eigenvalue weighted by atomic mass is 9.95. The lowest BCUT2D eigenvalue weighted by Crippen LogP contribution is -2.40. The Morgan fingerprint density at radius 2 is 2.13 bits per heavy atom. The molecule has 30 heavy (non-hydrogen) atoms. The average Bonchev–Trinajstić information content (AvgIpc) is 2.73. The quantitative estimate of drug-likeness (QED) is 0.444. The molecule has 5 nitrogen and oxygen atoms in total. The SMILES string of the molecule is C=C(SC(C)=N)c1ccc2cnc(NC(=O)C3CCN(CC(F)CC)CC3)cc2c1.[HH]. The summed E-state index contributed by atoms with van der Waals surface area (Å²) in [5.41, 5.74) is 0.952. The van der Waals surface area contributed by atoms with Gasteiger partial charge >= 0.3 is 0 Å². The summed E-state index contributed by atoms with van der Waals surface area (Å²) in [6, 6.07) is 7.81. The Bertz CT molecular complexity index is 946. The number of hydrogen-bond donors (Lipinski definition) is 2. The fourth-order valence-corrected chi connectivity index (χ4v) is 4.26. The summed E-state index contributed by atoms with van der Waals surface area (Å²) in [4.78, 5) is 20.0. The molecule has 1 amide bonds. The zero-order valence-corrected chi connectivity index (χ0v) is 18.4. The van der Waals surface area contributed by atoms with E-state index in [-0.39, 0.29) is 13.3 Å². The van der Waals surface area contributed by atoms with E-state index >= 15 is 0 Å². The molecule has 162 valence electrons. The molecule has 1 aromatic carbocycles. The van der Waals surface area contributed by atoms with Crippen molar-refractivity contribution in [3.05, 3.63) is 42.6 Å². The standard InChI is InChI=1S/C23H29FN4OS.H2/c1-4-21(24)14-28-9-7-17(8-10-28)23(29)27-22-12-20-11-18(15(2)30-16(3)25)5-6-19(20)13-26-22;/h5-6,11-13,17,21,25H,2,4,7-10,14H2,1,3H3,(H,26,27,29);1H. The number of rotatable bonds is 7. The minimum absolute atomic E-state index is 0. The molecule has 7 heteroatoms. The Labute approximate surface area is 183 Å². The third-order valence-electron chi connectivity index (χ3n) is 5.43. The van der Waals surface area contributed by atoms with E-state index in [0.29, 0.717) is 23.8 Å². The van der Waals surface area contributed by atoms with E-state index in [1.807, 2.05) is 31.2 Å². The first-order valence-corrected chi connectivity index (χ1v) is 11.2. The number of amides is 1. The normalized spacial score (nSPS) is 16.4. The summed E-state index contributed by atoms with van der Waals surface area (Å²) in [6.45, 7) is 9.59. The Morgan fingerprint density at radius 3 is 2.80 bits per heavy atom. The highest BCUT2D eigenvalue weighted by molar-refractivity contribution is 8.21. The van der Waals surface area contributed by atoms with Crippen molar-refractivity contribution in [3.8, 4) is 0 Å². The van der Waals surface area contributed by atoms with Crippen molar-refractivity contribution < 1.29 is 10.6 Å². The number of halogens is 1. The van der Waals surface area contributed by atoms with Crippen LogP contribution in [0.25, 0.3) is 15.7 Å². The van der Waals surface area contributed by atoms with E-state index in [1.54, 1.807) is 13.1 Å². The molecule has 1 aliphatic rings. The molecule has 2 aromatic rings. The summed E-state index contributed by atoms with van der Waals surface area (Å²) in [5, 5.41) is 13.0. The maximum atomic E-state index is 13.6. The number of benzene rings is 1. The Kier molecular flexibility index (Phi) is 7.61. The first kappa shape index (κ1) is 22.4.